The lowest BCUT2D eigenvalue weighted by molar-refractivity contribution is -0.134. The number of rotatable bonds is 3. The molecule has 1 aliphatic rings. The van der Waals surface area contributed by atoms with Crippen LogP contribution in [0.5, 0.6) is 0 Å². The number of amides is 1. The Morgan fingerprint density at radius 3 is 2.87 bits per heavy atom. The molecule has 1 saturated heterocycles. The van der Waals surface area contributed by atoms with Gasteiger partial charge in [0.1, 0.15) is 0 Å². The lowest BCUT2D eigenvalue weighted by Gasteiger charge is -2.38. The predicted octanol–water partition coefficient (Wildman–Crippen LogP) is -0.797. The Kier molecular flexibility index (Phi) is 4.50. The predicted molar refractivity (Wildman–Crippen MR) is 56.5 cm³/mol. The molecule has 3 unspecified atom stereocenters. The Balaban J connectivity index is 2.57. The molecule has 0 aromatic rings. The second-order valence-electron chi connectivity index (χ2n) is 4.00. The Labute approximate surface area is 90.4 Å². The first kappa shape index (κ1) is 12.4. The molecular formula is C10H20N2O3. The van der Waals surface area contributed by atoms with Crippen LogP contribution in [-0.2, 0) is 9.53 Å². The molecule has 0 saturated carbocycles. The molecule has 5 nitrogen and oxygen atoms in total. The van der Waals surface area contributed by atoms with Crippen molar-refractivity contribution in [2.24, 2.45) is 0 Å². The largest absolute Gasteiger partial charge is 0.394 e. The molecule has 0 aromatic heterocycles. The van der Waals surface area contributed by atoms with E-state index in [1.54, 1.807) is 7.05 Å². The van der Waals surface area contributed by atoms with Crippen LogP contribution in [0.1, 0.15) is 13.8 Å². The van der Waals surface area contributed by atoms with E-state index in [1.165, 1.54) is 0 Å². The normalized spacial score (nSPS) is 29.9. The Bertz CT molecular complexity index is 223. The summed E-state index contributed by atoms with van der Waals surface area (Å²) in [5.41, 5.74) is 0. The van der Waals surface area contributed by atoms with Crippen molar-refractivity contribution in [3.63, 3.8) is 0 Å². The van der Waals surface area contributed by atoms with E-state index in [0.717, 1.165) is 6.54 Å². The van der Waals surface area contributed by atoms with E-state index in [-0.39, 0.29) is 30.8 Å². The molecule has 1 rings (SSSR count). The fraction of sp³-hybridized carbons (Fsp3) is 0.900. The minimum absolute atomic E-state index is 0.000731. The summed E-state index contributed by atoms with van der Waals surface area (Å²) in [5, 5.41) is 11.7. The lowest BCUT2D eigenvalue weighted by atomic mass is 10.1. The molecule has 1 aliphatic heterocycles. The second-order valence-corrected chi connectivity index (χ2v) is 4.00. The molecular weight excluding hydrogens is 196 g/mol. The number of morpholine rings is 1. The third kappa shape index (κ3) is 3.15. The van der Waals surface area contributed by atoms with Crippen molar-refractivity contribution in [1.29, 1.82) is 0 Å². The van der Waals surface area contributed by atoms with Crippen LogP contribution in [0.2, 0.25) is 0 Å². The standard InChI is InChI=1S/C10H20N2O3/c1-7-4-12(5-9(6-13)15-7)8(2)10(14)11-3/h7-9,13H,4-6H2,1-3H3,(H,11,14). The average molecular weight is 216 g/mol. The number of hydrogen-bond donors (Lipinski definition) is 2. The number of ether oxygens (including phenoxy) is 1. The molecule has 0 aromatic carbocycles. The SMILES string of the molecule is CNC(=O)C(C)N1CC(C)OC(CO)C1. The van der Waals surface area contributed by atoms with Crippen molar-refractivity contribution >= 4 is 5.91 Å². The third-order valence-corrected chi connectivity index (χ3v) is 2.73. The van der Waals surface area contributed by atoms with Crippen LogP contribution in [0.15, 0.2) is 0 Å². The zero-order valence-corrected chi connectivity index (χ0v) is 9.56. The quantitative estimate of drug-likeness (QED) is 0.648. The summed E-state index contributed by atoms with van der Waals surface area (Å²) in [5.74, 6) is 0.000731. The van der Waals surface area contributed by atoms with Crippen LogP contribution < -0.4 is 5.32 Å². The van der Waals surface area contributed by atoms with E-state index >= 15 is 0 Å². The Hall–Kier alpha value is -0.650. The zero-order chi connectivity index (χ0) is 11.4. The van der Waals surface area contributed by atoms with E-state index in [0.29, 0.717) is 6.54 Å². The van der Waals surface area contributed by atoms with E-state index in [9.17, 15) is 4.79 Å². The molecule has 1 amide bonds. The first-order chi connectivity index (χ1) is 7.08. The monoisotopic (exact) mass is 216 g/mol. The third-order valence-electron chi connectivity index (χ3n) is 2.73. The van der Waals surface area contributed by atoms with Gasteiger partial charge >= 0.3 is 0 Å². The van der Waals surface area contributed by atoms with Crippen molar-refractivity contribution in [3.8, 4) is 0 Å². The van der Waals surface area contributed by atoms with Gasteiger partial charge in [0.05, 0.1) is 24.9 Å². The number of hydrogen-bond acceptors (Lipinski definition) is 4. The van der Waals surface area contributed by atoms with Crippen molar-refractivity contribution in [3.05, 3.63) is 0 Å². The number of nitrogens with zero attached hydrogens (tertiary/aromatic N) is 1. The van der Waals surface area contributed by atoms with Crippen LogP contribution >= 0.6 is 0 Å². The maximum Gasteiger partial charge on any atom is 0.236 e. The topological polar surface area (TPSA) is 61.8 Å². The van der Waals surface area contributed by atoms with Crippen LogP contribution in [0.25, 0.3) is 0 Å². The minimum Gasteiger partial charge on any atom is -0.394 e. The fourth-order valence-corrected chi connectivity index (χ4v) is 1.87. The van der Waals surface area contributed by atoms with Crippen LogP contribution in [0.3, 0.4) is 0 Å². The molecule has 0 aliphatic carbocycles. The maximum atomic E-state index is 11.5. The summed E-state index contributed by atoms with van der Waals surface area (Å²) in [6, 6.07) is -0.171. The first-order valence-corrected chi connectivity index (χ1v) is 5.30. The van der Waals surface area contributed by atoms with E-state index in [2.05, 4.69) is 5.32 Å². The van der Waals surface area contributed by atoms with Crippen LogP contribution in [0, 0.1) is 0 Å². The van der Waals surface area contributed by atoms with Crippen molar-refractivity contribution in [1.82, 2.24) is 10.2 Å². The molecule has 1 fully saturated rings. The van der Waals surface area contributed by atoms with E-state index in [1.807, 2.05) is 18.7 Å². The van der Waals surface area contributed by atoms with Crippen LogP contribution in [0.4, 0.5) is 0 Å². The number of likely N-dealkylation sites (N-methyl/N-ethyl adjacent to an activating group) is 1. The van der Waals surface area contributed by atoms with Crippen LogP contribution in [-0.4, -0.2) is 60.9 Å². The first-order valence-electron chi connectivity index (χ1n) is 5.30. The highest BCUT2D eigenvalue weighted by molar-refractivity contribution is 5.80. The van der Waals surface area contributed by atoms with Gasteiger partial charge < -0.3 is 15.2 Å². The highest BCUT2D eigenvalue weighted by atomic mass is 16.5. The molecule has 15 heavy (non-hydrogen) atoms. The number of nitrogens with one attached hydrogen (secondary N) is 1. The zero-order valence-electron chi connectivity index (χ0n) is 9.56. The molecule has 5 heteroatoms. The van der Waals surface area contributed by atoms with Gasteiger partial charge in [-0.2, -0.15) is 0 Å². The smallest absolute Gasteiger partial charge is 0.236 e. The number of carbonyl (C=O) groups excluding carboxylic acids is 1. The minimum atomic E-state index is -0.180. The molecule has 1 heterocycles. The number of aliphatic hydroxyl groups is 1. The summed E-state index contributed by atoms with van der Waals surface area (Å²) in [7, 11) is 1.63. The summed E-state index contributed by atoms with van der Waals surface area (Å²) >= 11 is 0. The fourth-order valence-electron chi connectivity index (χ4n) is 1.87. The summed E-state index contributed by atoms with van der Waals surface area (Å²) < 4.78 is 5.51. The number of carbonyl (C=O) groups is 1. The lowest BCUT2D eigenvalue weighted by Crippen LogP contribution is -2.54. The summed E-state index contributed by atoms with van der Waals surface area (Å²) in [6.45, 7) is 5.15. The molecule has 0 radical (unpaired) electrons. The van der Waals surface area contributed by atoms with Gasteiger partial charge in [0.25, 0.3) is 0 Å². The van der Waals surface area contributed by atoms with Gasteiger partial charge in [-0.1, -0.05) is 0 Å². The van der Waals surface area contributed by atoms with E-state index in [4.69, 9.17) is 9.84 Å². The van der Waals surface area contributed by atoms with Gasteiger partial charge in [0, 0.05) is 20.1 Å². The van der Waals surface area contributed by atoms with Gasteiger partial charge in [-0.05, 0) is 13.8 Å². The molecule has 0 bridgehead atoms. The van der Waals surface area contributed by atoms with Gasteiger partial charge in [0.2, 0.25) is 5.91 Å². The van der Waals surface area contributed by atoms with Gasteiger partial charge in [-0.15, -0.1) is 0 Å². The van der Waals surface area contributed by atoms with Gasteiger partial charge in [-0.3, -0.25) is 9.69 Å². The summed E-state index contributed by atoms with van der Waals surface area (Å²) in [4.78, 5) is 13.5. The van der Waals surface area contributed by atoms with Crippen molar-refractivity contribution in [2.45, 2.75) is 32.1 Å². The summed E-state index contributed by atoms with van der Waals surface area (Å²) in [6.07, 6.45) is -0.121. The van der Waals surface area contributed by atoms with Gasteiger partial charge in [-0.25, -0.2) is 0 Å². The average Bonchev–Trinajstić information content (AvgIpc) is 2.26. The number of aliphatic hydroxyl groups excluding tert-OH is 1. The van der Waals surface area contributed by atoms with Gasteiger partial charge in [0.15, 0.2) is 0 Å². The van der Waals surface area contributed by atoms with Crippen molar-refractivity contribution < 1.29 is 14.6 Å². The van der Waals surface area contributed by atoms with E-state index < -0.39 is 0 Å². The highest BCUT2D eigenvalue weighted by Gasteiger charge is 2.30. The second kappa shape index (κ2) is 5.44. The van der Waals surface area contributed by atoms with Crippen molar-refractivity contribution in [2.75, 3.05) is 26.7 Å². The molecule has 0 spiro atoms. The molecule has 3 atom stereocenters. The maximum absolute atomic E-state index is 11.5. The molecule has 2 N–H and O–H groups in total. The molecule has 88 valence electrons. The highest BCUT2D eigenvalue weighted by Crippen LogP contribution is 2.13. The Morgan fingerprint density at radius 1 is 1.67 bits per heavy atom. The Morgan fingerprint density at radius 2 is 2.33 bits per heavy atom.